The molecular formula is C17H29NO4. The van der Waals surface area contributed by atoms with E-state index in [2.05, 4.69) is 6.92 Å². The van der Waals surface area contributed by atoms with Gasteiger partial charge in [0.05, 0.1) is 12.5 Å². The van der Waals surface area contributed by atoms with E-state index in [4.69, 9.17) is 9.47 Å². The molecule has 1 saturated carbocycles. The van der Waals surface area contributed by atoms with Crippen molar-refractivity contribution in [3.8, 4) is 0 Å². The summed E-state index contributed by atoms with van der Waals surface area (Å²) in [6.45, 7) is 11.2. The normalized spacial score (nSPS) is 31.6. The second-order valence-corrected chi connectivity index (χ2v) is 7.61. The smallest absolute Gasteiger partial charge is 0.410 e. The van der Waals surface area contributed by atoms with E-state index in [1.165, 1.54) is 0 Å². The number of hydrogen-bond donors (Lipinski definition) is 0. The van der Waals surface area contributed by atoms with Crippen LogP contribution >= 0.6 is 0 Å². The predicted molar refractivity (Wildman–Crippen MR) is 83.3 cm³/mol. The molecule has 0 aromatic carbocycles. The molecule has 0 radical (unpaired) electrons. The quantitative estimate of drug-likeness (QED) is 0.752. The summed E-state index contributed by atoms with van der Waals surface area (Å²) in [6, 6.07) is 0. The number of likely N-dealkylation sites (tertiary alicyclic amines) is 1. The zero-order valence-electron chi connectivity index (χ0n) is 14.4. The van der Waals surface area contributed by atoms with E-state index in [0.717, 1.165) is 6.42 Å². The average molecular weight is 311 g/mol. The molecule has 126 valence electrons. The fourth-order valence-electron chi connectivity index (χ4n) is 3.40. The van der Waals surface area contributed by atoms with E-state index < -0.39 is 5.60 Å². The van der Waals surface area contributed by atoms with Gasteiger partial charge in [0.25, 0.3) is 0 Å². The van der Waals surface area contributed by atoms with Crippen LogP contribution in [0.5, 0.6) is 0 Å². The monoisotopic (exact) mass is 311 g/mol. The van der Waals surface area contributed by atoms with Crippen LogP contribution < -0.4 is 0 Å². The molecule has 1 heterocycles. The van der Waals surface area contributed by atoms with Crippen molar-refractivity contribution in [2.75, 3.05) is 19.7 Å². The summed E-state index contributed by atoms with van der Waals surface area (Å²) in [4.78, 5) is 26.2. The van der Waals surface area contributed by atoms with Crippen LogP contribution in [0, 0.1) is 23.7 Å². The van der Waals surface area contributed by atoms with Gasteiger partial charge < -0.3 is 14.4 Å². The number of ether oxygens (including phenoxy) is 2. The molecule has 2 rings (SSSR count). The van der Waals surface area contributed by atoms with Gasteiger partial charge >= 0.3 is 12.1 Å². The van der Waals surface area contributed by atoms with Crippen molar-refractivity contribution in [3.63, 3.8) is 0 Å². The Morgan fingerprint density at radius 3 is 2.36 bits per heavy atom. The van der Waals surface area contributed by atoms with E-state index in [1.54, 1.807) is 4.90 Å². The van der Waals surface area contributed by atoms with Crippen LogP contribution in [0.15, 0.2) is 0 Å². The first-order valence-electron chi connectivity index (χ1n) is 8.37. The Balaban J connectivity index is 2.02. The Kier molecular flexibility index (Phi) is 5.03. The highest BCUT2D eigenvalue weighted by Crippen LogP contribution is 2.49. The van der Waals surface area contributed by atoms with Crippen molar-refractivity contribution >= 4 is 12.1 Å². The lowest BCUT2D eigenvalue weighted by Crippen LogP contribution is -2.48. The molecule has 3 unspecified atom stereocenters. The summed E-state index contributed by atoms with van der Waals surface area (Å²) in [5.41, 5.74) is -0.489. The lowest BCUT2D eigenvalue weighted by Gasteiger charge is -2.38. The van der Waals surface area contributed by atoms with Crippen LogP contribution in [0.3, 0.4) is 0 Å². The zero-order chi connectivity index (χ0) is 16.5. The fraction of sp³-hybridized carbons (Fsp3) is 0.882. The molecule has 0 N–H and O–H groups in total. The Hall–Kier alpha value is -1.26. The molecule has 1 amide bonds. The number of amides is 1. The molecule has 1 saturated heterocycles. The summed E-state index contributed by atoms with van der Waals surface area (Å²) in [5.74, 6) is 1.19. The standard InChI is InChI=1S/C17H29NO4/c1-6-21-15(19)12-7-8-18(16(20)22-17(3,4)5)10-14(12)13-9-11(13)2/h11-14H,6-10H2,1-5H3/t11?,12?,13-,14?/m0/s1. The third-order valence-electron chi connectivity index (χ3n) is 4.62. The number of hydrogen-bond acceptors (Lipinski definition) is 4. The van der Waals surface area contributed by atoms with Crippen LogP contribution in [-0.4, -0.2) is 42.3 Å². The molecule has 0 bridgehead atoms. The van der Waals surface area contributed by atoms with Crippen LogP contribution in [0.4, 0.5) is 4.79 Å². The summed E-state index contributed by atoms with van der Waals surface area (Å²) in [5, 5.41) is 0. The average Bonchev–Trinajstić information content (AvgIpc) is 3.13. The van der Waals surface area contributed by atoms with Gasteiger partial charge in [0.2, 0.25) is 0 Å². The van der Waals surface area contributed by atoms with E-state index in [1.807, 2.05) is 27.7 Å². The maximum Gasteiger partial charge on any atom is 0.410 e. The minimum absolute atomic E-state index is 0.0754. The zero-order valence-corrected chi connectivity index (χ0v) is 14.4. The molecule has 0 aromatic rings. The number of piperidine rings is 1. The van der Waals surface area contributed by atoms with Gasteiger partial charge in [-0.15, -0.1) is 0 Å². The molecule has 0 aromatic heterocycles. The second-order valence-electron chi connectivity index (χ2n) is 7.61. The predicted octanol–water partition coefficient (Wildman–Crippen LogP) is 3.08. The van der Waals surface area contributed by atoms with Gasteiger partial charge in [0.1, 0.15) is 5.60 Å². The Morgan fingerprint density at radius 1 is 1.23 bits per heavy atom. The minimum atomic E-state index is -0.489. The molecule has 5 heteroatoms. The highest BCUT2D eigenvalue weighted by molar-refractivity contribution is 5.74. The molecule has 22 heavy (non-hydrogen) atoms. The molecule has 4 atom stereocenters. The van der Waals surface area contributed by atoms with Crippen LogP contribution in [-0.2, 0) is 14.3 Å². The fourth-order valence-corrected chi connectivity index (χ4v) is 3.40. The van der Waals surface area contributed by atoms with Crippen molar-refractivity contribution in [2.45, 2.75) is 53.1 Å². The summed E-state index contributed by atoms with van der Waals surface area (Å²) < 4.78 is 10.7. The minimum Gasteiger partial charge on any atom is -0.466 e. The highest BCUT2D eigenvalue weighted by atomic mass is 16.6. The Morgan fingerprint density at radius 2 is 1.86 bits per heavy atom. The van der Waals surface area contributed by atoms with Crippen molar-refractivity contribution in [1.82, 2.24) is 4.90 Å². The first-order chi connectivity index (χ1) is 10.2. The van der Waals surface area contributed by atoms with Gasteiger partial charge in [-0.25, -0.2) is 4.79 Å². The van der Waals surface area contributed by atoms with Crippen molar-refractivity contribution in [2.24, 2.45) is 23.7 Å². The third-order valence-corrected chi connectivity index (χ3v) is 4.62. The number of nitrogens with zero attached hydrogens (tertiary/aromatic N) is 1. The van der Waals surface area contributed by atoms with Crippen LogP contribution in [0.25, 0.3) is 0 Å². The molecular weight excluding hydrogens is 282 g/mol. The van der Waals surface area contributed by atoms with Gasteiger partial charge in [-0.2, -0.15) is 0 Å². The molecule has 1 aliphatic carbocycles. The summed E-state index contributed by atoms with van der Waals surface area (Å²) >= 11 is 0. The van der Waals surface area contributed by atoms with Gasteiger partial charge in [-0.05, 0) is 58.3 Å². The Bertz CT molecular complexity index is 429. The topological polar surface area (TPSA) is 55.8 Å². The highest BCUT2D eigenvalue weighted by Gasteiger charge is 2.48. The Labute approximate surface area is 133 Å². The van der Waals surface area contributed by atoms with Crippen LogP contribution in [0.2, 0.25) is 0 Å². The third kappa shape index (κ3) is 4.14. The molecule has 0 spiro atoms. The number of esters is 1. The number of carbonyl (C=O) groups is 2. The molecule has 2 aliphatic rings. The largest absolute Gasteiger partial charge is 0.466 e. The van der Waals surface area contributed by atoms with Crippen molar-refractivity contribution < 1.29 is 19.1 Å². The maximum absolute atomic E-state index is 12.3. The lowest BCUT2D eigenvalue weighted by atomic mass is 9.81. The molecule has 5 nitrogen and oxygen atoms in total. The summed E-state index contributed by atoms with van der Waals surface area (Å²) in [7, 11) is 0. The summed E-state index contributed by atoms with van der Waals surface area (Å²) in [6.07, 6.45) is 1.54. The van der Waals surface area contributed by atoms with Gasteiger partial charge in [-0.1, -0.05) is 6.92 Å². The SMILES string of the molecule is CCOC(=O)C1CCN(C(=O)OC(C)(C)C)CC1[C@H]1CC1C. The number of carbonyl (C=O) groups excluding carboxylic acids is 2. The number of rotatable bonds is 3. The second kappa shape index (κ2) is 6.47. The molecule has 1 aliphatic heterocycles. The van der Waals surface area contributed by atoms with E-state index in [-0.39, 0.29) is 23.9 Å². The van der Waals surface area contributed by atoms with E-state index in [0.29, 0.717) is 38.0 Å². The van der Waals surface area contributed by atoms with Crippen molar-refractivity contribution in [3.05, 3.63) is 0 Å². The van der Waals surface area contributed by atoms with Crippen LogP contribution in [0.1, 0.15) is 47.5 Å². The first kappa shape index (κ1) is 17.1. The van der Waals surface area contributed by atoms with Gasteiger partial charge in [-0.3, -0.25) is 4.79 Å². The molecule has 2 fully saturated rings. The van der Waals surface area contributed by atoms with Crippen molar-refractivity contribution in [1.29, 1.82) is 0 Å². The van der Waals surface area contributed by atoms with E-state index >= 15 is 0 Å². The first-order valence-corrected chi connectivity index (χ1v) is 8.37. The van der Waals surface area contributed by atoms with Gasteiger partial charge in [0, 0.05) is 13.1 Å². The van der Waals surface area contributed by atoms with Gasteiger partial charge in [0.15, 0.2) is 0 Å². The lowest BCUT2D eigenvalue weighted by molar-refractivity contribution is -0.152. The maximum atomic E-state index is 12.3. The van der Waals surface area contributed by atoms with E-state index in [9.17, 15) is 9.59 Å².